The van der Waals surface area contributed by atoms with Crippen molar-refractivity contribution in [1.82, 2.24) is 0 Å². The van der Waals surface area contributed by atoms with Crippen molar-refractivity contribution in [2.75, 3.05) is 0 Å². The second kappa shape index (κ2) is 3.63. The van der Waals surface area contributed by atoms with E-state index in [-0.39, 0.29) is 5.75 Å². The van der Waals surface area contributed by atoms with Gasteiger partial charge in [0.2, 0.25) is 0 Å². The number of benzene rings is 2. The van der Waals surface area contributed by atoms with Crippen LogP contribution in [0.4, 0.5) is 0 Å². The van der Waals surface area contributed by atoms with Gasteiger partial charge < -0.3 is 13.9 Å². The number of phenolic OH excluding ortho intramolecular Hbond substituents is 1. The minimum absolute atomic E-state index is 0.0481. The summed E-state index contributed by atoms with van der Waals surface area (Å²) < 4.78 is 11.1. The van der Waals surface area contributed by atoms with E-state index in [2.05, 4.69) is 0 Å². The van der Waals surface area contributed by atoms with Gasteiger partial charge in [0.05, 0.1) is 5.39 Å². The first-order chi connectivity index (χ1) is 9.63. The summed E-state index contributed by atoms with van der Waals surface area (Å²) in [5, 5.41) is 11.3. The lowest BCUT2D eigenvalue weighted by Crippen LogP contribution is -1.98. The lowest BCUT2D eigenvalue weighted by atomic mass is 10.1. The van der Waals surface area contributed by atoms with Crippen LogP contribution in [0.5, 0.6) is 5.75 Å². The number of hydrogen-bond donors (Lipinski definition) is 1. The van der Waals surface area contributed by atoms with Gasteiger partial charge >= 0.3 is 5.63 Å². The molecule has 0 saturated carbocycles. The van der Waals surface area contributed by atoms with Crippen molar-refractivity contribution in [1.29, 1.82) is 0 Å². The van der Waals surface area contributed by atoms with Crippen LogP contribution in [0.15, 0.2) is 50.0 Å². The van der Waals surface area contributed by atoms with Gasteiger partial charge in [-0.15, -0.1) is 0 Å². The molecule has 2 heterocycles. The molecule has 0 aliphatic carbocycles. The van der Waals surface area contributed by atoms with Crippen molar-refractivity contribution in [2.45, 2.75) is 6.92 Å². The minimum Gasteiger partial charge on any atom is -0.508 e. The number of phenols is 1. The maximum atomic E-state index is 12.2. The summed E-state index contributed by atoms with van der Waals surface area (Å²) in [5.41, 5.74) is 2.06. The monoisotopic (exact) mass is 266 g/mol. The highest BCUT2D eigenvalue weighted by Crippen LogP contribution is 2.33. The molecular weight excluding hydrogens is 256 g/mol. The molecule has 4 heteroatoms. The molecule has 1 N–H and O–H groups in total. The van der Waals surface area contributed by atoms with Gasteiger partial charge in [-0.25, -0.2) is 4.79 Å². The smallest absolute Gasteiger partial charge is 0.348 e. The molecule has 0 aliphatic heterocycles. The van der Waals surface area contributed by atoms with E-state index in [0.29, 0.717) is 27.5 Å². The summed E-state index contributed by atoms with van der Waals surface area (Å²) >= 11 is 0. The molecule has 0 bridgehead atoms. The zero-order valence-corrected chi connectivity index (χ0v) is 10.6. The van der Waals surface area contributed by atoms with Crippen molar-refractivity contribution in [2.24, 2.45) is 0 Å². The Morgan fingerprint density at radius 3 is 2.65 bits per heavy atom. The molecule has 0 aliphatic rings. The SMILES string of the molecule is Cc1ccc2oc3c4ccc(O)cc4oc(=O)c3c2c1. The van der Waals surface area contributed by atoms with E-state index in [1.54, 1.807) is 12.1 Å². The number of rotatable bonds is 0. The van der Waals surface area contributed by atoms with E-state index in [9.17, 15) is 9.90 Å². The van der Waals surface area contributed by atoms with Crippen LogP contribution in [0.2, 0.25) is 0 Å². The van der Waals surface area contributed by atoms with Gasteiger partial charge in [-0.05, 0) is 31.2 Å². The van der Waals surface area contributed by atoms with Crippen molar-refractivity contribution in [3.05, 3.63) is 52.4 Å². The Bertz CT molecular complexity index is 1040. The second-order valence-electron chi connectivity index (χ2n) is 4.88. The highest BCUT2D eigenvalue weighted by Gasteiger charge is 2.16. The molecular formula is C16H10O4. The number of hydrogen-bond acceptors (Lipinski definition) is 4. The molecule has 0 radical (unpaired) electrons. The Morgan fingerprint density at radius 2 is 1.80 bits per heavy atom. The maximum absolute atomic E-state index is 12.2. The lowest BCUT2D eigenvalue weighted by Gasteiger charge is -1.97. The zero-order valence-electron chi connectivity index (χ0n) is 10.6. The molecule has 2 aromatic carbocycles. The summed E-state index contributed by atoms with van der Waals surface area (Å²) in [5.74, 6) is 0.0481. The third kappa shape index (κ3) is 1.39. The van der Waals surface area contributed by atoms with Gasteiger partial charge in [-0.3, -0.25) is 0 Å². The largest absolute Gasteiger partial charge is 0.508 e. The van der Waals surface area contributed by atoms with Crippen molar-refractivity contribution < 1.29 is 13.9 Å². The van der Waals surface area contributed by atoms with E-state index >= 15 is 0 Å². The maximum Gasteiger partial charge on any atom is 0.348 e. The fourth-order valence-electron chi connectivity index (χ4n) is 2.54. The third-order valence-corrected chi connectivity index (χ3v) is 3.46. The van der Waals surface area contributed by atoms with Crippen LogP contribution >= 0.6 is 0 Å². The first kappa shape index (κ1) is 11.1. The molecule has 98 valence electrons. The Labute approximate surface area is 112 Å². The third-order valence-electron chi connectivity index (χ3n) is 3.46. The Hall–Kier alpha value is -2.75. The molecule has 0 saturated heterocycles. The second-order valence-corrected chi connectivity index (χ2v) is 4.88. The molecule has 2 aromatic heterocycles. The molecule has 4 aromatic rings. The highest BCUT2D eigenvalue weighted by molar-refractivity contribution is 6.13. The number of fused-ring (bicyclic) bond motifs is 5. The molecule has 4 rings (SSSR count). The fraction of sp³-hybridized carbons (Fsp3) is 0.0625. The Morgan fingerprint density at radius 1 is 0.950 bits per heavy atom. The van der Waals surface area contributed by atoms with E-state index < -0.39 is 5.63 Å². The van der Waals surface area contributed by atoms with E-state index in [1.165, 1.54) is 6.07 Å². The lowest BCUT2D eigenvalue weighted by molar-refractivity contribution is 0.473. The molecule has 0 unspecified atom stereocenters. The minimum atomic E-state index is -0.456. The molecule has 0 amide bonds. The predicted molar refractivity (Wildman–Crippen MR) is 76.2 cm³/mol. The van der Waals surface area contributed by atoms with Crippen molar-refractivity contribution in [3.8, 4) is 5.75 Å². The van der Waals surface area contributed by atoms with Gasteiger partial charge in [0.1, 0.15) is 22.3 Å². The molecule has 4 nitrogen and oxygen atoms in total. The number of aryl methyl sites for hydroxylation is 1. The summed E-state index contributed by atoms with van der Waals surface area (Å²) in [4.78, 5) is 12.2. The number of furan rings is 1. The fourth-order valence-corrected chi connectivity index (χ4v) is 2.54. The van der Waals surface area contributed by atoms with Gasteiger partial charge in [0, 0.05) is 11.5 Å². The van der Waals surface area contributed by atoms with Crippen LogP contribution in [0, 0.1) is 6.92 Å². The molecule has 0 atom stereocenters. The molecule has 0 spiro atoms. The molecule has 0 fully saturated rings. The average molecular weight is 266 g/mol. The summed E-state index contributed by atoms with van der Waals surface area (Å²) in [6.07, 6.45) is 0. The van der Waals surface area contributed by atoms with Crippen LogP contribution in [0.3, 0.4) is 0 Å². The summed E-state index contributed by atoms with van der Waals surface area (Å²) in [6.45, 7) is 1.96. The quantitative estimate of drug-likeness (QED) is 0.493. The molecule has 20 heavy (non-hydrogen) atoms. The average Bonchev–Trinajstić information content (AvgIpc) is 2.77. The van der Waals surface area contributed by atoms with E-state index in [1.807, 2.05) is 25.1 Å². The first-order valence-electron chi connectivity index (χ1n) is 6.22. The highest BCUT2D eigenvalue weighted by atomic mass is 16.4. The van der Waals surface area contributed by atoms with Gasteiger partial charge in [0.15, 0.2) is 5.58 Å². The van der Waals surface area contributed by atoms with Crippen LogP contribution < -0.4 is 5.63 Å². The first-order valence-corrected chi connectivity index (χ1v) is 6.22. The normalized spacial score (nSPS) is 11.7. The summed E-state index contributed by atoms with van der Waals surface area (Å²) in [6, 6.07) is 10.3. The van der Waals surface area contributed by atoms with E-state index in [0.717, 1.165) is 10.9 Å². The van der Waals surface area contributed by atoms with Crippen molar-refractivity contribution >= 4 is 32.9 Å². The predicted octanol–water partition coefficient (Wildman–Crippen LogP) is 3.71. The Balaban J connectivity index is 2.33. The van der Waals surface area contributed by atoms with E-state index in [4.69, 9.17) is 8.83 Å². The van der Waals surface area contributed by atoms with Crippen molar-refractivity contribution in [3.63, 3.8) is 0 Å². The van der Waals surface area contributed by atoms with Crippen LogP contribution in [0.1, 0.15) is 5.56 Å². The topological polar surface area (TPSA) is 63.6 Å². The van der Waals surface area contributed by atoms with Gasteiger partial charge in [0.25, 0.3) is 0 Å². The van der Waals surface area contributed by atoms with Gasteiger partial charge in [-0.2, -0.15) is 0 Å². The van der Waals surface area contributed by atoms with Gasteiger partial charge in [-0.1, -0.05) is 11.6 Å². The van der Waals surface area contributed by atoms with Crippen LogP contribution in [0.25, 0.3) is 32.9 Å². The zero-order chi connectivity index (χ0) is 13.9. The van der Waals surface area contributed by atoms with Crippen LogP contribution in [-0.4, -0.2) is 5.11 Å². The summed E-state index contributed by atoms with van der Waals surface area (Å²) in [7, 11) is 0. The number of aromatic hydroxyl groups is 1. The Kier molecular flexibility index (Phi) is 2.02. The van der Waals surface area contributed by atoms with Crippen LogP contribution in [-0.2, 0) is 0 Å². The standard InChI is InChI=1S/C16H10O4/c1-8-2-5-12-11(6-8)14-15(19-12)10-4-3-9(17)7-13(10)20-16(14)18/h2-7,17H,1H3.